The lowest BCUT2D eigenvalue weighted by Crippen LogP contribution is -2.36. The number of aromatic nitrogens is 4. The van der Waals surface area contributed by atoms with Crippen molar-refractivity contribution in [1.82, 2.24) is 35.3 Å². The van der Waals surface area contributed by atoms with Gasteiger partial charge in [0, 0.05) is 38.6 Å². The molecule has 1 amide bonds. The smallest absolute Gasteiger partial charge is 0.220 e. The molecule has 28 heavy (non-hydrogen) atoms. The Labute approximate surface area is 165 Å². The van der Waals surface area contributed by atoms with E-state index in [4.69, 9.17) is 0 Å². The number of carbonyl (C=O) groups excluding carboxylic acids is 1. The molecule has 8 nitrogen and oxygen atoms in total. The number of aryl methyl sites for hydroxylation is 1. The van der Waals surface area contributed by atoms with E-state index in [2.05, 4.69) is 62.0 Å². The van der Waals surface area contributed by atoms with Crippen LogP contribution in [0.2, 0.25) is 0 Å². The molecule has 1 saturated heterocycles. The van der Waals surface area contributed by atoms with Gasteiger partial charge < -0.3 is 10.2 Å². The van der Waals surface area contributed by atoms with Crippen molar-refractivity contribution in [3.8, 4) is 0 Å². The topological polar surface area (TPSA) is 79.2 Å². The van der Waals surface area contributed by atoms with Crippen molar-refractivity contribution in [2.75, 3.05) is 26.7 Å². The van der Waals surface area contributed by atoms with Crippen LogP contribution < -0.4 is 5.32 Å². The van der Waals surface area contributed by atoms with Gasteiger partial charge in [0.1, 0.15) is 0 Å². The summed E-state index contributed by atoms with van der Waals surface area (Å²) in [5, 5.41) is 15.3. The van der Waals surface area contributed by atoms with Crippen molar-refractivity contribution in [3.63, 3.8) is 0 Å². The molecule has 3 heterocycles. The Bertz CT molecular complexity index is 805. The second-order valence-corrected chi connectivity index (χ2v) is 7.97. The fraction of sp³-hybridized carbons (Fsp3) is 0.600. The van der Waals surface area contributed by atoms with Crippen molar-refractivity contribution in [1.29, 1.82) is 0 Å². The Morgan fingerprint density at radius 2 is 2.11 bits per heavy atom. The molecular formula is C20H29N7O. The Balaban J connectivity index is 1.24. The molecule has 0 radical (unpaired) electrons. The van der Waals surface area contributed by atoms with Crippen LogP contribution in [0.15, 0.2) is 24.3 Å². The Hall–Kier alpha value is -2.32. The highest BCUT2D eigenvalue weighted by Crippen LogP contribution is 2.19. The van der Waals surface area contributed by atoms with Gasteiger partial charge in [-0.05, 0) is 54.4 Å². The van der Waals surface area contributed by atoms with Gasteiger partial charge in [0.2, 0.25) is 5.91 Å². The first-order valence-electron chi connectivity index (χ1n) is 10.2. The van der Waals surface area contributed by atoms with Gasteiger partial charge in [-0.25, -0.2) is 4.68 Å². The van der Waals surface area contributed by atoms with Gasteiger partial charge in [0.05, 0.1) is 6.54 Å². The summed E-state index contributed by atoms with van der Waals surface area (Å²) >= 11 is 0. The SMILES string of the molecule is CN1CC[C@@H](NC(=O)CCCn2nnnc2CN2CCc3ccccc3C2)C1. The number of nitrogens with one attached hydrogen (secondary N) is 1. The molecule has 0 aliphatic carbocycles. The zero-order valence-corrected chi connectivity index (χ0v) is 16.5. The van der Waals surface area contributed by atoms with Gasteiger partial charge in [-0.2, -0.15) is 0 Å². The molecule has 8 heteroatoms. The van der Waals surface area contributed by atoms with E-state index in [9.17, 15) is 4.79 Å². The van der Waals surface area contributed by atoms with E-state index < -0.39 is 0 Å². The Morgan fingerprint density at radius 1 is 1.25 bits per heavy atom. The van der Waals surface area contributed by atoms with Crippen molar-refractivity contribution in [2.24, 2.45) is 0 Å². The van der Waals surface area contributed by atoms with Crippen LogP contribution in [0.4, 0.5) is 0 Å². The van der Waals surface area contributed by atoms with Gasteiger partial charge in [-0.1, -0.05) is 24.3 Å². The molecule has 2 aliphatic heterocycles. The number of carbonyl (C=O) groups is 1. The standard InChI is InChI=1S/C20H29N7O/c1-25-11-9-18(14-25)21-20(28)7-4-10-27-19(22-23-24-27)15-26-12-8-16-5-2-3-6-17(16)13-26/h2-3,5-6,18H,4,7-15H2,1H3,(H,21,28)/t18-/m1/s1. The van der Waals surface area contributed by atoms with Crippen molar-refractivity contribution in [2.45, 2.75) is 51.4 Å². The molecule has 1 atom stereocenters. The predicted molar refractivity (Wildman–Crippen MR) is 105 cm³/mol. The number of nitrogens with zero attached hydrogens (tertiary/aromatic N) is 6. The maximum Gasteiger partial charge on any atom is 0.220 e. The van der Waals surface area contributed by atoms with Gasteiger partial charge in [0.15, 0.2) is 5.82 Å². The van der Waals surface area contributed by atoms with E-state index in [0.29, 0.717) is 19.0 Å². The highest BCUT2D eigenvalue weighted by molar-refractivity contribution is 5.76. The molecule has 0 saturated carbocycles. The van der Waals surface area contributed by atoms with Crippen LogP contribution in [0.5, 0.6) is 0 Å². The minimum Gasteiger partial charge on any atom is -0.352 e. The van der Waals surface area contributed by atoms with E-state index in [1.54, 1.807) is 0 Å². The van der Waals surface area contributed by atoms with Crippen molar-refractivity contribution < 1.29 is 4.79 Å². The van der Waals surface area contributed by atoms with Gasteiger partial charge in [-0.15, -0.1) is 5.10 Å². The first-order valence-corrected chi connectivity index (χ1v) is 10.2. The molecule has 4 rings (SSSR count). The number of likely N-dealkylation sites (N-methyl/N-ethyl adjacent to an activating group) is 1. The fourth-order valence-corrected chi connectivity index (χ4v) is 4.14. The van der Waals surface area contributed by atoms with Crippen molar-refractivity contribution in [3.05, 3.63) is 41.2 Å². The van der Waals surface area contributed by atoms with Crippen LogP contribution in [0.3, 0.4) is 0 Å². The van der Waals surface area contributed by atoms with E-state index >= 15 is 0 Å². The van der Waals surface area contributed by atoms with E-state index in [1.807, 2.05) is 4.68 Å². The van der Waals surface area contributed by atoms with Gasteiger partial charge >= 0.3 is 0 Å². The number of rotatable bonds is 7. The molecule has 1 aromatic heterocycles. The third-order valence-electron chi connectivity index (χ3n) is 5.71. The number of tetrazole rings is 1. The summed E-state index contributed by atoms with van der Waals surface area (Å²) in [4.78, 5) is 16.8. The van der Waals surface area contributed by atoms with E-state index in [0.717, 1.165) is 57.8 Å². The maximum absolute atomic E-state index is 12.2. The third kappa shape index (κ3) is 4.74. The molecule has 0 bridgehead atoms. The molecular weight excluding hydrogens is 354 g/mol. The Morgan fingerprint density at radius 3 is 2.93 bits per heavy atom. The van der Waals surface area contributed by atoms with E-state index in [1.165, 1.54) is 11.1 Å². The predicted octanol–water partition coefficient (Wildman–Crippen LogP) is 0.832. The molecule has 0 spiro atoms. The second-order valence-electron chi connectivity index (χ2n) is 7.97. The second kappa shape index (κ2) is 8.79. The maximum atomic E-state index is 12.2. The zero-order valence-electron chi connectivity index (χ0n) is 16.5. The number of hydrogen-bond acceptors (Lipinski definition) is 6. The third-order valence-corrected chi connectivity index (χ3v) is 5.71. The molecule has 2 aliphatic rings. The summed E-state index contributed by atoms with van der Waals surface area (Å²) in [6.45, 7) is 5.36. The van der Waals surface area contributed by atoms with Crippen LogP contribution in [0.25, 0.3) is 0 Å². The van der Waals surface area contributed by atoms with Gasteiger partial charge in [-0.3, -0.25) is 9.69 Å². The lowest BCUT2D eigenvalue weighted by molar-refractivity contribution is -0.121. The first kappa shape index (κ1) is 19.0. The normalized spacial score (nSPS) is 20.2. The van der Waals surface area contributed by atoms with Crippen molar-refractivity contribution >= 4 is 5.91 Å². The summed E-state index contributed by atoms with van der Waals surface area (Å²) in [5.74, 6) is 1.000. The zero-order chi connectivity index (χ0) is 19.3. The average molecular weight is 384 g/mol. The number of fused-ring (bicyclic) bond motifs is 1. The quantitative estimate of drug-likeness (QED) is 0.763. The number of hydrogen-bond donors (Lipinski definition) is 1. The fourth-order valence-electron chi connectivity index (χ4n) is 4.14. The summed E-state index contributed by atoms with van der Waals surface area (Å²) < 4.78 is 1.84. The lowest BCUT2D eigenvalue weighted by Gasteiger charge is -2.28. The minimum atomic E-state index is 0.127. The largest absolute Gasteiger partial charge is 0.352 e. The molecule has 1 aromatic carbocycles. The number of benzene rings is 1. The average Bonchev–Trinajstić information content (AvgIpc) is 3.30. The molecule has 2 aromatic rings. The van der Waals surface area contributed by atoms with Crippen LogP contribution in [-0.2, 0) is 30.8 Å². The minimum absolute atomic E-state index is 0.127. The molecule has 0 unspecified atom stereocenters. The lowest BCUT2D eigenvalue weighted by atomic mass is 10.00. The molecule has 1 fully saturated rings. The van der Waals surface area contributed by atoms with Crippen LogP contribution in [0.1, 0.15) is 36.2 Å². The van der Waals surface area contributed by atoms with Gasteiger partial charge in [0.25, 0.3) is 0 Å². The number of amides is 1. The van der Waals surface area contributed by atoms with E-state index in [-0.39, 0.29) is 5.91 Å². The highest BCUT2D eigenvalue weighted by atomic mass is 16.1. The van der Waals surface area contributed by atoms with Crippen LogP contribution in [0, 0.1) is 0 Å². The Kier molecular flexibility index (Phi) is 5.97. The first-order chi connectivity index (χ1) is 13.7. The van der Waals surface area contributed by atoms with Crippen LogP contribution in [-0.4, -0.2) is 68.6 Å². The number of likely N-dealkylation sites (tertiary alicyclic amines) is 1. The molecule has 1 N–H and O–H groups in total. The summed E-state index contributed by atoms with van der Waals surface area (Å²) in [6, 6.07) is 8.91. The highest BCUT2D eigenvalue weighted by Gasteiger charge is 2.21. The summed E-state index contributed by atoms with van der Waals surface area (Å²) in [7, 11) is 2.09. The summed E-state index contributed by atoms with van der Waals surface area (Å²) in [5.41, 5.74) is 2.83. The summed E-state index contributed by atoms with van der Waals surface area (Å²) in [6.07, 6.45) is 3.36. The molecule has 150 valence electrons. The van der Waals surface area contributed by atoms with Crippen LogP contribution >= 0.6 is 0 Å². The monoisotopic (exact) mass is 383 g/mol.